The Morgan fingerprint density at radius 3 is 2.50 bits per heavy atom. The van der Waals surface area contributed by atoms with Gasteiger partial charge in [0.25, 0.3) is 5.91 Å². The highest BCUT2D eigenvalue weighted by molar-refractivity contribution is 6.31. The predicted molar refractivity (Wildman–Crippen MR) is 142 cm³/mol. The lowest BCUT2D eigenvalue weighted by Crippen LogP contribution is -2.52. The van der Waals surface area contributed by atoms with Crippen molar-refractivity contribution in [2.24, 2.45) is 0 Å². The molecule has 3 aromatic carbocycles. The maximum absolute atomic E-state index is 13.8. The molecule has 7 heteroatoms. The lowest BCUT2D eigenvalue weighted by atomic mass is 9.95. The lowest BCUT2D eigenvalue weighted by molar-refractivity contribution is -0.139. The third-order valence-corrected chi connectivity index (χ3v) is 7.73. The number of rotatable bonds is 7. The molecule has 2 aliphatic rings. The number of hydrogen-bond donors (Lipinski definition) is 1. The zero-order chi connectivity index (χ0) is 25.2. The van der Waals surface area contributed by atoms with Gasteiger partial charge < -0.3 is 10.2 Å². The first-order chi connectivity index (χ1) is 17.4. The van der Waals surface area contributed by atoms with Crippen LogP contribution in [0.25, 0.3) is 10.8 Å². The van der Waals surface area contributed by atoms with E-state index in [2.05, 4.69) is 5.32 Å². The molecule has 36 heavy (non-hydrogen) atoms. The van der Waals surface area contributed by atoms with E-state index in [-0.39, 0.29) is 36.9 Å². The summed E-state index contributed by atoms with van der Waals surface area (Å²) in [5, 5.41) is 5.49. The number of nitrogens with zero attached hydrogens (tertiary/aromatic N) is 2. The van der Waals surface area contributed by atoms with E-state index in [0.29, 0.717) is 10.6 Å². The molecule has 6 nitrogen and oxygen atoms in total. The summed E-state index contributed by atoms with van der Waals surface area (Å²) in [6, 6.07) is 18.1. The number of hydrogen-bond acceptors (Lipinski definition) is 3. The maximum atomic E-state index is 13.8. The van der Waals surface area contributed by atoms with Crippen LogP contribution in [0.2, 0.25) is 5.02 Å². The van der Waals surface area contributed by atoms with Crippen LogP contribution in [0, 0.1) is 0 Å². The summed E-state index contributed by atoms with van der Waals surface area (Å²) in [7, 11) is 0. The molecule has 0 radical (unpaired) electrons. The van der Waals surface area contributed by atoms with Gasteiger partial charge in [-0.3, -0.25) is 19.3 Å². The Labute approximate surface area is 216 Å². The highest BCUT2D eigenvalue weighted by Gasteiger charge is 2.34. The second-order valence-electron chi connectivity index (χ2n) is 9.70. The molecule has 1 fully saturated rings. The molecule has 1 aliphatic carbocycles. The van der Waals surface area contributed by atoms with Crippen LogP contribution in [-0.2, 0) is 16.1 Å². The molecule has 3 amide bonds. The first-order valence-corrected chi connectivity index (χ1v) is 13.0. The molecule has 1 N–H and O–H groups in total. The van der Waals surface area contributed by atoms with Crippen LogP contribution in [0.1, 0.15) is 54.9 Å². The molecule has 5 rings (SSSR count). The van der Waals surface area contributed by atoms with E-state index >= 15 is 0 Å². The third kappa shape index (κ3) is 4.70. The zero-order valence-corrected chi connectivity index (χ0v) is 21.1. The molecular formula is C29H30ClN3O3. The number of carbonyl (C=O) groups excluding carboxylic acids is 3. The molecule has 0 bridgehead atoms. The Morgan fingerprint density at radius 1 is 1.03 bits per heavy atom. The third-order valence-electron chi connectivity index (χ3n) is 7.36. The van der Waals surface area contributed by atoms with Crippen molar-refractivity contribution >= 4 is 45.8 Å². The predicted octanol–water partition coefficient (Wildman–Crippen LogP) is 5.32. The summed E-state index contributed by atoms with van der Waals surface area (Å²) in [5.41, 5.74) is 2.07. The molecule has 0 unspecified atom stereocenters. The van der Waals surface area contributed by atoms with Gasteiger partial charge in [0.15, 0.2) is 0 Å². The Kier molecular flexibility index (Phi) is 6.97. The standard InChI is InChI=1S/C29H30ClN3O3/c1-19(28(35)31-22-12-3-2-4-13-22)32(17-21-9-5-6-15-24(21)30)26(34)18-33-25-16-8-11-20-10-7-14-23(27(20)25)29(33)36/h5-11,14-16,19,22H,2-4,12-13,17-18H2,1H3,(H,31,35)/t19-/m1/s1. The summed E-state index contributed by atoms with van der Waals surface area (Å²) in [4.78, 5) is 43.4. The lowest BCUT2D eigenvalue weighted by Gasteiger charge is -2.32. The Bertz CT molecular complexity index is 1310. The van der Waals surface area contributed by atoms with Gasteiger partial charge in [0.05, 0.1) is 5.69 Å². The van der Waals surface area contributed by atoms with Gasteiger partial charge >= 0.3 is 0 Å². The van der Waals surface area contributed by atoms with Gasteiger partial charge in [-0.15, -0.1) is 0 Å². The van der Waals surface area contributed by atoms with Gasteiger partial charge in [-0.05, 0) is 48.9 Å². The van der Waals surface area contributed by atoms with E-state index in [9.17, 15) is 14.4 Å². The van der Waals surface area contributed by atoms with Crippen LogP contribution >= 0.6 is 11.6 Å². The first kappa shape index (κ1) is 24.3. The van der Waals surface area contributed by atoms with Crippen molar-refractivity contribution in [1.82, 2.24) is 10.2 Å². The minimum Gasteiger partial charge on any atom is -0.352 e. The fourth-order valence-corrected chi connectivity index (χ4v) is 5.52. The van der Waals surface area contributed by atoms with Crippen molar-refractivity contribution in [1.29, 1.82) is 0 Å². The van der Waals surface area contributed by atoms with Crippen LogP contribution in [-0.4, -0.2) is 41.2 Å². The second-order valence-corrected chi connectivity index (χ2v) is 10.1. The Hall–Kier alpha value is -3.38. The summed E-state index contributed by atoms with van der Waals surface area (Å²) in [5.74, 6) is -0.688. The number of amides is 3. The smallest absolute Gasteiger partial charge is 0.259 e. The molecule has 186 valence electrons. The van der Waals surface area contributed by atoms with Gasteiger partial charge in [-0.25, -0.2) is 0 Å². The van der Waals surface area contributed by atoms with E-state index < -0.39 is 6.04 Å². The number of carbonyl (C=O) groups is 3. The molecule has 0 spiro atoms. The van der Waals surface area contributed by atoms with E-state index in [1.807, 2.05) is 48.5 Å². The summed E-state index contributed by atoms with van der Waals surface area (Å²) in [6.07, 6.45) is 5.32. The highest BCUT2D eigenvalue weighted by atomic mass is 35.5. The van der Waals surface area contributed by atoms with Crippen LogP contribution in [0.5, 0.6) is 0 Å². The van der Waals surface area contributed by atoms with Crippen molar-refractivity contribution in [3.05, 3.63) is 76.8 Å². The fraction of sp³-hybridized carbons (Fsp3) is 0.345. The average Bonchev–Trinajstić information content (AvgIpc) is 3.16. The number of halogens is 1. The molecule has 1 heterocycles. The molecule has 0 aromatic heterocycles. The number of anilines is 1. The van der Waals surface area contributed by atoms with Crippen molar-refractivity contribution in [2.45, 2.75) is 57.7 Å². The summed E-state index contributed by atoms with van der Waals surface area (Å²) < 4.78 is 0. The van der Waals surface area contributed by atoms with Crippen molar-refractivity contribution < 1.29 is 14.4 Å². The minimum absolute atomic E-state index is 0.137. The monoisotopic (exact) mass is 503 g/mol. The number of nitrogens with one attached hydrogen (secondary N) is 1. The Balaban J connectivity index is 1.40. The largest absolute Gasteiger partial charge is 0.352 e. The van der Waals surface area contributed by atoms with E-state index in [1.165, 1.54) is 16.2 Å². The Morgan fingerprint density at radius 2 is 1.75 bits per heavy atom. The average molecular weight is 504 g/mol. The summed E-state index contributed by atoms with van der Waals surface area (Å²) in [6.45, 7) is 1.77. The maximum Gasteiger partial charge on any atom is 0.259 e. The molecule has 3 aromatic rings. The van der Waals surface area contributed by atoms with E-state index in [0.717, 1.165) is 47.7 Å². The van der Waals surface area contributed by atoms with Crippen molar-refractivity contribution in [3.63, 3.8) is 0 Å². The highest BCUT2D eigenvalue weighted by Crippen LogP contribution is 2.37. The number of benzene rings is 3. The van der Waals surface area contributed by atoms with Gasteiger partial charge in [-0.1, -0.05) is 73.3 Å². The van der Waals surface area contributed by atoms with Crippen molar-refractivity contribution in [2.75, 3.05) is 11.4 Å². The molecule has 1 atom stereocenters. The van der Waals surface area contributed by atoms with Gasteiger partial charge in [0.1, 0.15) is 12.6 Å². The van der Waals surface area contributed by atoms with E-state index in [1.54, 1.807) is 19.1 Å². The van der Waals surface area contributed by atoms with Crippen LogP contribution in [0.3, 0.4) is 0 Å². The SMILES string of the molecule is C[C@H](C(=O)NC1CCCCC1)N(Cc1ccccc1Cl)C(=O)CN1C(=O)c2cccc3cccc1c23. The topological polar surface area (TPSA) is 69.7 Å². The van der Waals surface area contributed by atoms with Crippen molar-refractivity contribution in [3.8, 4) is 0 Å². The molecule has 1 aliphatic heterocycles. The molecule has 0 saturated heterocycles. The van der Waals surface area contributed by atoms with E-state index in [4.69, 9.17) is 11.6 Å². The van der Waals surface area contributed by atoms with Gasteiger partial charge in [0, 0.05) is 28.6 Å². The van der Waals surface area contributed by atoms with Crippen LogP contribution < -0.4 is 10.2 Å². The molecule has 1 saturated carbocycles. The normalized spacial score (nSPS) is 16.3. The quantitative estimate of drug-likeness (QED) is 0.474. The van der Waals surface area contributed by atoms with Gasteiger partial charge in [0.2, 0.25) is 11.8 Å². The minimum atomic E-state index is -0.716. The van der Waals surface area contributed by atoms with Crippen LogP contribution in [0.4, 0.5) is 5.69 Å². The fourth-order valence-electron chi connectivity index (χ4n) is 5.32. The zero-order valence-electron chi connectivity index (χ0n) is 20.4. The molecular weight excluding hydrogens is 474 g/mol. The first-order valence-electron chi connectivity index (χ1n) is 12.6. The van der Waals surface area contributed by atoms with Crippen LogP contribution in [0.15, 0.2) is 60.7 Å². The van der Waals surface area contributed by atoms with Gasteiger partial charge in [-0.2, -0.15) is 0 Å². The second kappa shape index (κ2) is 10.3. The summed E-state index contributed by atoms with van der Waals surface area (Å²) >= 11 is 6.42.